The van der Waals surface area contributed by atoms with Crippen LogP contribution in [0.15, 0.2) is 41.2 Å². The van der Waals surface area contributed by atoms with Crippen LogP contribution in [0.4, 0.5) is 5.69 Å². The highest BCUT2D eigenvalue weighted by molar-refractivity contribution is 6.35. The fraction of sp³-hybridized carbons (Fsp3) is 0.176. The van der Waals surface area contributed by atoms with Gasteiger partial charge in [0.15, 0.2) is 5.82 Å². The molecule has 3 rings (SSSR count). The number of hydrogen-bond acceptors (Lipinski definition) is 4. The zero-order valence-electron chi connectivity index (χ0n) is 14.0. The number of aromatic nitrogens is 4. The van der Waals surface area contributed by atoms with Gasteiger partial charge in [0.1, 0.15) is 6.54 Å². The first-order chi connectivity index (χ1) is 12.3. The third kappa shape index (κ3) is 3.95. The summed E-state index contributed by atoms with van der Waals surface area (Å²) in [7, 11) is 0. The van der Waals surface area contributed by atoms with E-state index in [1.807, 2.05) is 19.9 Å². The molecule has 0 radical (unpaired) electrons. The molecule has 0 aliphatic rings. The Balaban J connectivity index is 1.84. The molecule has 0 unspecified atom stereocenters. The molecule has 2 aromatic heterocycles. The van der Waals surface area contributed by atoms with E-state index in [0.29, 0.717) is 21.6 Å². The molecule has 0 aliphatic carbocycles. The van der Waals surface area contributed by atoms with Crippen LogP contribution in [0.2, 0.25) is 10.0 Å². The summed E-state index contributed by atoms with van der Waals surface area (Å²) in [5, 5.41) is 12.0. The average Bonchev–Trinajstić information content (AvgIpc) is 2.91. The number of nitrogens with zero attached hydrogens (tertiary/aromatic N) is 4. The van der Waals surface area contributed by atoms with Crippen molar-refractivity contribution < 1.29 is 4.79 Å². The van der Waals surface area contributed by atoms with Crippen LogP contribution in [0, 0.1) is 13.8 Å². The van der Waals surface area contributed by atoms with Crippen molar-refractivity contribution >= 4 is 34.8 Å². The Bertz CT molecular complexity index is 1040. The number of carbonyl (C=O) groups is 1. The van der Waals surface area contributed by atoms with E-state index in [4.69, 9.17) is 23.2 Å². The fourth-order valence-corrected chi connectivity index (χ4v) is 2.78. The topological polar surface area (TPSA) is 81.8 Å². The van der Waals surface area contributed by atoms with E-state index in [1.165, 1.54) is 12.1 Å². The molecule has 0 bridgehead atoms. The van der Waals surface area contributed by atoms with E-state index in [0.717, 1.165) is 16.1 Å². The third-order valence-electron chi connectivity index (χ3n) is 3.58. The minimum atomic E-state index is -0.450. The predicted molar refractivity (Wildman–Crippen MR) is 100 cm³/mol. The van der Waals surface area contributed by atoms with E-state index < -0.39 is 11.5 Å². The molecule has 0 aliphatic heterocycles. The number of aryl methyl sites for hydroxylation is 2. The molecule has 0 saturated carbocycles. The Hall–Kier alpha value is -2.64. The van der Waals surface area contributed by atoms with Crippen LogP contribution in [-0.4, -0.2) is 25.5 Å². The lowest BCUT2D eigenvalue weighted by molar-refractivity contribution is -0.117. The van der Waals surface area contributed by atoms with Crippen LogP contribution in [0.25, 0.3) is 5.82 Å². The highest BCUT2D eigenvalue weighted by atomic mass is 35.5. The predicted octanol–water partition coefficient (Wildman–Crippen LogP) is 2.99. The fourth-order valence-electron chi connectivity index (χ4n) is 2.44. The molecule has 0 saturated heterocycles. The van der Waals surface area contributed by atoms with Crippen LogP contribution < -0.4 is 10.9 Å². The van der Waals surface area contributed by atoms with Gasteiger partial charge in [-0.15, -0.1) is 5.10 Å². The van der Waals surface area contributed by atoms with Crippen LogP contribution in [0.1, 0.15) is 11.4 Å². The Morgan fingerprint density at radius 3 is 2.58 bits per heavy atom. The second kappa shape index (κ2) is 7.31. The molecule has 9 heteroatoms. The van der Waals surface area contributed by atoms with E-state index in [1.54, 1.807) is 22.9 Å². The summed E-state index contributed by atoms with van der Waals surface area (Å²) in [4.78, 5) is 24.3. The molecule has 134 valence electrons. The molecule has 7 nitrogen and oxygen atoms in total. The van der Waals surface area contributed by atoms with Crippen molar-refractivity contribution in [3.8, 4) is 5.82 Å². The third-order valence-corrected chi connectivity index (χ3v) is 4.14. The van der Waals surface area contributed by atoms with Crippen LogP contribution in [0.3, 0.4) is 0 Å². The zero-order valence-corrected chi connectivity index (χ0v) is 15.5. The van der Waals surface area contributed by atoms with Gasteiger partial charge in [-0.1, -0.05) is 23.2 Å². The molecule has 0 atom stereocenters. The molecule has 1 aromatic carbocycles. The van der Waals surface area contributed by atoms with Crippen LogP contribution in [-0.2, 0) is 11.3 Å². The minimum absolute atomic E-state index is 0.269. The maximum atomic E-state index is 12.3. The number of nitrogens with one attached hydrogen (secondary N) is 1. The number of rotatable bonds is 4. The molecule has 0 fully saturated rings. The van der Waals surface area contributed by atoms with Crippen LogP contribution in [0.5, 0.6) is 0 Å². The Kier molecular flexibility index (Phi) is 5.11. The zero-order chi connectivity index (χ0) is 18.8. The maximum Gasteiger partial charge on any atom is 0.267 e. The van der Waals surface area contributed by atoms with Gasteiger partial charge in [0.25, 0.3) is 5.56 Å². The number of hydrogen-bond donors (Lipinski definition) is 1. The second-order valence-corrected chi connectivity index (χ2v) is 6.54. The summed E-state index contributed by atoms with van der Waals surface area (Å²) < 4.78 is 2.68. The van der Waals surface area contributed by atoms with Crippen molar-refractivity contribution in [1.29, 1.82) is 0 Å². The standard InChI is InChI=1S/C17H15Cl2N5O2/c1-10-7-11(2)24(21-10)15-5-6-17(26)23(22-15)9-16(25)20-14-8-12(18)3-4-13(14)19/h3-8H,9H2,1-2H3,(H,20,25). The quantitative estimate of drug-likeness (QED) is 0.740. The SMILES string of the molecule is Cc1cc(C)n(-c2ccc(=O)n(CC(=O)Nc3cc(Cl)ccc3Cl)n2)n1. The van der Waals surface area contributed by atoms with Gasteiger partial charge in [-0.2, -0.15) is 5.10 Å². The Morgan fingerprint density at radius 2 is 1.88 bits per heavy atom. The lowest BCUT2D eigenvalue weighted by Gasteiger charge is -2.10. The molecule has 0 spiro atoms. The molecule has 2 heterocycles. The molecule has 3 aromatic rings. The molecular weight excluding hydrogens is 377 g/mol. The van der Waals surface area contributed by atoms with Gasteiger partial charge in [0.05, 0.1) is 16.4 Å². The van der Waals surface area contributed by atoms with Gasteiger partial charge < -0.3 is 5.32 Å². The maximum absolute atomic E-state index is 12.3. The smallest absolute Gasteiger partial charge is 0.267 e. The van der Waals surface area contributed by atoms with E-state index in [-0.39, 0.29) is 6.54 Å². The number of halogens is 2. The number of benzene rings is 1. The summed E-state index contributed by atoms with van der Waals surface area (Å²) in [6, 6.07) is 9.52. The van der Waals surface area contributed by atoms with Gasteiger partial charge in [-0.3, -0.25) is 9.59 Å². The molecule has 26 heavy (non-hydrogen) atoms. The highest BCUT2D eigenvalue weighted by Gasteiger charge is 2.12. The van der Waals surface area contributed by atoms with E-state index >= 15 is 0 Å². The van der Waals surface area contributed by atoms with Crippen molar-refractivity contribution in [2.75, 3.05) is 5.32 Å². The van der Waals surface area contributed by atoms with Crippen molar-refractivity contribution in [2.24, 2.45) is 0 Å². The van der Waals surface area contributed by atoms with E-state index in [9.17, 15) is 9.59 Å². The largest absolute Gasteiger partial charge is 0.323 e. The summed E-state index contributed by atoms with van der Waals surface area (Å²) in [5.74, 6) is -0.00178. The van der Waals surface area contributed by atoms with Crippen molar-refractivity contribution in [3.05, 3.63) is 68.2 Å². The van der Waals surface area contributed by atoms with Crippen LogP contribution >= 0.6 is 23.2 Å². The number of anilines is 1. The van der Waals surface area contributed by atoms with Crippen molar-refractivity contribution in [3.63, 3.8) is 0 Å². The first kappa shape index (κ1) is 18.2. The summed E-state index contributed by atoms with van der Waals surface area (Å²) in [6.45, 7) is 3.47. The van der Waals surface area contributed by atoms with E-state index in [2.05, 4.69) is 15.5 Å². The molecule has 1 N–H and O–H groups in total. The molecular formula is C17H15Cl2N5O2. The Morgan fingerprint density at radius 1 is 1.12 bits per heavy atom. The monoisotopic (exact) mass is 391 g/mol. The Labute approximate surface area is 159 Å². The van der Waals surface area contributed by atoms with Crippen molar-refractivity contribution in [1.82, 2.24) is 19.6 Å². The summed E-state index contributed by atoms with van der Waals surface area (Å²) >= 11 is 11.9. The molecule has 1 amide bonds. The van der Waals surface area contributed by atoms with Gasteiger partial charge in [-0.25, -0.2) is 9.36 Å². The summed E-state index contributed by atoms with van der Waals surface area (Å²) in [5.41, 5.74) is 1.67. The number of amides is 1. The minimum Gasteiger partial charge on any atom is -0.323 e. The first-order valence-corrected chi connectivity index (χ1v) is 8.46. The normalized spacial score (nSPS) is 10.8. The average molecular weight is 392 g/mol. The van der Waals surface area contributed by atoms with Crippen molar-refractivity contribution in [2.45, 2.75) is 20.4 Å². The second-order valence-electron chi connectivity index (χ2n) is 5.70. The van der Waals surface area contributed by atoms with Gasteiger partial charge in [0.2, 0.25) is 5.91 Å². The van der Waals surface area contributed by atoms with Gasteiger partial charge >= 0.3 is 0 Å². The summed E-state index contributed by atoms with van der Waals surface area (Å²) in [6.07, 6.45) is 0. The lowest BCUT2D eigenvalue weighted by Crippen LogP contribution is -2.30. The van der Waals surface area contributed by atoms with Gasteiger partial charge in [-0.05, 0) is 44.2 Å². The van der Waals surface area contributed by atoms with Gasteiger partial charge in [0, 0.05) is 16.8 Å². The number of carbonyl (C=O) groups excluding carboxylic acids is 1. The first-order valence-electron chi connectivity index (χ1n) is 7.70. The lowest BCUT2D eigenvalue weighted by atomic mass is 10.3. The highest BCUT2D eigenvalue weighted by Crippen LogP contribution is 2.25.